The topological polar surface area (TPSA) is 51.2 Å². The standard InChI is InChI=1S/C15H31N2O4P/c1-5-8-9-10-17-12-11-16(4)15(17)21-22(18,19-13-6-2)20-14-7-3/h11-12,15H,5-10,13-14H2,1-4H3. The Hall–Kier alpha value is -0.550. The van der Waals surface area contributed by atoms with E-state index < -0.39 is 14.2 Å². The number of phosphoric ester groups is 1. The van der Waals surface area contributed by atoms with Crippen LogP contribution in [-0.4, -0.2) is 43.0 Å². The minimum absolute atomic E-state index is 0.362. The molecule has 0 N–H and O–H groups in total. The van der Waals surface area contributed by atoms with Crippen molar-refractivity contribution >= 4 is 7.82 Å². The van der Waals surface area contributed by atoms with Crippen LogP contribution in [0.25, 0.3) is 0 Å². The molecule has 130 valence electrons. The van der Waals surface area contributed by atoms with Crippen molar-refractivity contribution in [2.75, 3.05) is 26.8 Å². The van der Waals surface area contributed by atoms with Crippen LogP contribution in [0.4, 0.5) is 0 Å². The summed E-state index contributed by atoms with van der Waals surface area (Å²) in [6.45, 7) is 7.68. The molecular formula is C15H31N2O4P. The van der Waals surface area contributed by atoms with Gasteiger partial charge in [-0.15, -0.1) is 0 Å². The minimum atomic E-state index is -3.54. The predicted octanol–water partition coefficient (Wildman–Crippen LogP) is 4.16. The van der Waals surface area contributed by atoms with E-state index in [2.05, 4.69) is 6.92 Å². The Kier molecular flexibility index (Phi) is 9.10. The molecule has 0 bridgehead atoms. The van der Waals surface area contributed by atoms with Gasteiger partial charge in [0.05, 0.1) is 13.2 Å². The first-order chi connectivity index (χ1) is 10.6. The van der Waals surface area contributed by atoms with Gasteiger partial charge in [-0.3, -0.25) is 9.05 Å². The van der Waals surface area contributed by atoms with Crippen molar-refractivity contribution in [3.63, 3.8) is 0 Å². The summed E-state index contributed by atoms with van der Waals surface area (Å²) in [4.78, 5) is 3.91. The summed E-state index contributed by atoms with van der Waals surface area (Å²) in [5.41, 5.74) is 0. The highest BCUT2D eigenvalue weighted by Gasteiger charge is 2.36. The van der Waals surface area contributed by atoms with E-state index in [-0.39, 0.29) is 0 Å². The molecule has 0 saturated heterocycles. The van der Waals surface area contributed by atoms with E-state index in [1.807, 2.05) is 43.1 Å². The van der Waals surface area contributed by atoms with Gasteiger partial charge >= 0.3 is 7.82 Å². The molecule has 0 saturated carbocycles. The van der Waals surface area contributed by atoms with Crippen LogP contribution >= 0.6 is 7.82 Å². The first-order valence-corrected chi connectivity index (χ1v) is 9.75. The molecule has 1 aliphatic heterocycles. The van der Waals surface area contributed by atoms with Gasteiger partial charge in [-0.2, -0.15) is 0 Å². The third kappa shape index (κ3) is 6.29. The Bertz CT molecular complexity index is 367. The van der Waals surface area contributed by atoms with Crippen LogP contribution < -0.4 is 0 Å². The quantitative estimate of drug-likeness (QED) is 0.395. The Morgan fingerprint density at radius 2 is 1.64 bits per heavy atom. The number of hydrogen-bond donors (Lipinski definition) is 0. The number of hydrogen-bond acceptors (Lipinski definition) is 6. The maximum absolute atomic E-state index is 12.8. The SMILES string of the molecule is CCCCCN1C=CN(C)C1OP(=O)(OCCC)OCCC. The lowest BCUT2D eigenvalue weighted by molar-refractivity contribution is -0.0460. The molecule has 0 aromatic rings. The fourth-order valence-electron chi connectivity index (χ4n) is 2.06. The van der Waals surface area contributed by atoms with E-state index in [1.165, 1.54) is 0 Å². The zero-order chi connectivity index (χ0) is 16.4. The first kappa shape index (κ1) is 19.5. The summed E-state index contributed by atoms with van der Waals surface area (Å²) in [6.07, 6.45) is 8.38. The van der Waals surface area contributed by atoms with Crippen LogP contribution in [0.5, 0.6) is 0 Å². The molecule has 6 nitrogen and oxygen atoms in total. The molecule has 0 aromatic carbocycles. The summed E-state index contributed by atoms with van der Waals surface area (Å²) < 4.78 is 29.3. The molecule has 0 radical (unpaired) electrons. The van der Waals surface area contributed by atoms with Crippen molar-refractivity contribution in [2.45, 2.75) is 59.2 Å². The normalized spacial score (nSPS) is 18.5. The van der Waals surface area contributed by atoms with E-state index in [0.29, 0.717) is 13.2 Å². The van der Waals surface area contributed by atoms with Crippen molar-refractivity contribution in [3.8, 4) is 0 Å². The van der Waals surface area contributed by atoms with Gasteiger partial charge in [-0.25, -0.2) is 9.09 Å². The molecule has 1 heterocycles. The maximum Gasteiger partial charge on any atom is 0.478 e. The van der Waals surface area contributed by atoms with Gasteiger partial charge in [0.25, 0.3) is 0 Å². The zero-order valence-corrected chi connectivity index (χ0v) is 15.3. The number of rotatable bonds is 12. The van der Waals surface area contributed by atoms with E-state index in [1.54, 1.807) is 0 Å². The van der Waals surface area contributed by atoms with Crippen LogP contribution in [0, 0.1) is 0 Å². The monoisotopic (exact) mass is 334 g/mol. The number of nitrogens with zero attached hydrogens (tertiary/aromatic N) is 2. The maximum atomic E-state index is 12.8. The van der Waals surface area contributed by atoms with Gasteiger partial charge in [-0.05, 0) is 19.3 Å². The van der Waals surface area contributed by atoms with Crippen molar-refractivity contribution in [1.29, 1.82) is 0 Å². The largest absolute Gasteiger partial charge is 0.478 e. The fraction of sp³-hybridized carbons (Fsp3) is 0.867. The van der Waals surface area contributed by atoms with E-state index >= 15 is 0 Å². The highest BCUT2D eigenvalue weighted by atomic mass is 31.2. The molecule has 1 rings (SSSR count). The van der Waals surface area contributed by atoms with Crippen molar-refractivity contribution in [3.05, 3.63) is 12.4 Å². The Balaban J connectivity index is 2.65. The van der Waals surface area contributed by atoms with Crippen molar-refractivity contribution in [2.24, 2.45) is 0 Å². The zero-order valence-electron chi connectivity index (χ0n) is 14.4. The van der Waals surface area contributed by atoms with E-state index in [9.17, 15) is 4.57 Å². The van der Waals surface area contributed by atoms with Crippen LogP contribution in [0.1, 0.15) is 52.9 Å². The summed E-state index contributed by atoms with van der Waals surface area (Å²) in [6, 6.07) is 0. The average Bonchev–Trinajstić information content (AvgIpc) is 2.84. The first-order valence-electron chi connectivity index (χ1n) is 8.29. The molecule has 1 atom stereocenters. The van der Waals surface area contributed by atoms with Gasteiger partial charge < -0.3 is 9.80 Å². The van der Waals surface area contributed by atoms with Gasteiger partial charge in [0.2, 0.25) is 6.35 Å². The molecule has 0 fully saturated rings. The predicted molar refractivity (Wildman–Crippen MR) is 88.1 cm³/mol. The van der Waals surface area contributed by atoms with Gasteiger partial charge in [0.1, 0.15) is 0 Å². The molecule has 1 unspecified atom stereocenters. The molecule has 1 aliphatic rings. The van der Waals surface area contributed by atoms with E-state index in [4.69, 9.17) is 13.6 Å². The molecular weight excluding hydrogens is 303 g/mol. The lowest BCUT2D eigenvalue weighted by atomic mass is 10.2. The fourth-order valence-corrected chi connectivity index (χ4v) is 3.57. The van der Waals surface area contributed by atoms with Crippen LogP contribution in [-0.2, 0) is 18.1 Å². The average molecular weight is 334 g/mol. The molecule has 0 aliphatic carbocycles. The summed E-state index contributed by atoms with van der Waals surface area (Å²) in [5.74, 6) is 0. The van der Waals surface area contributed by atoms with Crippen LogP contribution in [0.3, 0.4) is 0 Å². The Labute approximate surface area is 135 Å². The van der Waals surface area contributed by atoms with Gasteiger partial charge in [0, 0.05) is 26.0 Å². The van der Waals surface area contributed by atoms with Crippen LogP contribution in [0.2, 0.25) is 0 Å². The smallest absolute Gasteiger partial charge is 0.337 e. The lowest BCUT2D eigenvalue weighted by Gasteiger charge is -2.32. The van der Waals surface area contributed by atoms with Crippen molar-refractivity contribution in [1.82, 2.24) is 9.80 Å². The number of unbranched alkanes of at least 4 members (excludes halogenated alkanes) is 2. The molecule has 0 spiro atoms. The highest BCUT2D eigenvalue weighted by Crippen LogP contribution is 2.51. The highest BCUT2D eigenvalue weighted by molar-refractivity contribution is 7.48. The summed E-state index contributed by atoms with van der Waals surface area (Å²) in [7, 11) is -1.64. The van der Waals surface area contributed by atoms with E-state index in [0.717, 1.165) is 38.6 Å². The molecule has 22 heavy (non-hydrogen) atoms. The Morgan fingerprint density at radius 3 is 2.18 bits per heavy atom. The third-order valence-corrected chi connectivity index (χ3v) is 4.72. The lowest BCUT2D eigenvalue weighted by Crippen LogP contribution is -2.39. The molecule has 0 aromatic heterocycles. The summed E-state index contributed by atoms with van der Waals surface area (Å²) in [5, 5.41) is 0. The Morgan fingerprint density at radius 1 is 1.00 bits per heavy atom. The second-order valence-electron chi connectivity index (χ2n) is 5.45. The number of phosphoric acid groups is 1. The molecule has 0 amide bonds. The minimum Gasteiger partial charge on any atom is -0.337 e. The van der Waals surface area contributed by atoms with Crippen molar-refractivity contribution < 1.29 is 18.1 Å². The van der Waals surface area contributed by atoms with Gasteiger partial charge in [0.15, 0.2) is 0 Å². The van der Waals surface area contributed by atoms with Crippen LogP contribution in [0.15, 0.2) is 12.4 Å². The second-order valence-corrected chi connectivity index (χ2v) is 7.08. The third-order valence-electron chi connectivity index (χ3n) is 3.28. The summed E-state index contributed by atoms with van der Waals surface area (Å²) >= 11 is 0. The molecule has 7 heteroatoms. The second kappa shape index (κ2) is 10.3. The van der Waals surface area contributed by atoms with Gasteiger partial charge in [-0.1, -0.05) is 33.6 Å².